The van der Waals surface area contributed by atoms with Crippen LogP contribution in [0.2, 0.25) is 0 Å². The molecular formula is C20H18N2O4S3. The van der Waals surface area contributed by atoms with E-state index in [9.17, 15) is 4.79 Å². The van der Waals surface area contributed by atoms with Crippen molar-refractivity contribution >= 4 is 62.4 Å². The largest absolute Gasteiger partial charge is 0.462 e. The Morgan fingerprint density at radius 2 is 1.72 bits per heavy atom. The number of aliphatic imine (C=N–C) groups is 2. The summed E-state index contributed by atoms with van der Waals surface area (Å²) < 4.78 is 16.7. The van der Waals surface area contributed by atoms with E-state index in [0.717, 1.165) is 9.75 Å². The molecule has 0 bridgehead atoms. The SMILES string of the molecule is CCOC(=O)c1c(N=Cc2cccs2)sc(N=Cc2cccs2)c1C1OC(C)O1. The van der Waals surface area contributed by atoms with Gasteiger partial charge in [0.2, 0.25) is 0 Å². The summed E-state index contributed by atoms with van der Waals surface area (Å²) in [6.45, 7) is 3.84. The van der Waals surface area contributed by atoms with Crippen LogP contribution in [0.3, 0.4) is 0 Å². The quantitative estimate of drug-likeness (QED) is 0.333. The number of carbonyl (C=O) groups excluding carboxylic acids is 1. The highest BCUT2D eigenvalue weighted by atomic mass is 32.1. The summed E-state index contributed by atoms with van der Waals surface area (Å²) in [5.41, 5.74) is 0.914. The molecule has 4 heterocycles. The van der Waals surface area contributed by atoms with Gasteiger partial charge in [-0.05, 0) is 36.7 Å². The molecule has 3 aromatic heterocycles. The van der Waals surface area contributed by atoms with Gasteiger partial charge in [0.1, 0.15) is 15.6 Å². The molecule has 4 rings (SSSR count). The van der Waals surface area contributed by atoms with Gasteiger partial charge in [0, 0.05) is 22.2 Å². The minimum absolute atomic E-state index is 0.263. The first-order valence-electron chi connectivity index (χ1n) is 8.95. The molecule has 0 N–H and O–H groups in total. The molecule has 1 aliphatic heterocycles. The lowest BCUT2D eigenvalue weighted by atomic mass is 10.1. The number of hydrogen-bond acceptors (Lipinski definition) is 9. The maximum Gasteiger partial charge on any atom is 0.341 e. The Labute approximate surface area is 180 Å². The van der Waals surface area contributed by atoms with E-state index >= 15 is 0 Å². The Bertz CT molecular complexity index is 1020. The van der Waals surface area contributed by atoms with Crippen molar-refractivity contribution in [2.75, 3.05) is 6.61 Å². The van der Waals surface area contributed by atoms with Crippen LogP contribution < -0.4 is 0 Å². The van der Waals surface area contributed by atoms with Crippen molar-refractivity contribution in [3.8, 4) is 0 Å². The van der Waals surface area contributed by atoms with Crippen LogP contribution >= 0.6 is 34.0 Å². The lowest BCUT2D eigenvalue weighted by molar-refractivity contribution is -0.382. The van der Waals surface area contributed by atoms with Crippen molar-refractivity contribution in [2.45, 2.75) is 26.4 Å². The van der Waals surface area contributed by atoms with Gasteiger partial charge in [-0.15, -0.1) is 22.7 Å². The third-order valence-corrected chi connectivity index (χ3v) is 6.59. The third-order valence-electron chi connectivity index (χ3n) is 3.96. The number of rotatable bonds is 7. The predicted molar refractivity (Wildman–Crippen MR) is 118 cm³/mol. The Morgan fingerprint density at radius 3 is 2.24 bits per heavy atom. The minimum atomic E-state index is -0.665. The molecule has 150 valence electrons. The maximum absolute atomic E-state index is 12.8. The number of carbonyl (C=O) groups is 1. The lowest BCUT2D eigenvalue weighted by Crippen LogP contribution is -2.32. The molecule has 9 heteroatoms. The number of hydrogen-bond donors (Lipinski definition) is 0. The van der Waals surface area contributed by atoms with Crippen LogP contribution in [0.5, 0.6) is 0 Å². The standard InChI is InChI=1S/C20H18N2O4S3/c1-3-24-19(23)15-16(20-25-12(2)26-20)18(22-11-14-7-5-9-28-14)29-17(15)21-10-13-6-4-8-27-13/h4-12,20H,3H2,1-2H3. The number of esters is 1. The average molecular weight is 447 g/mol. The van der Waals surface area contributed by atoms with E-state index < -0.39 is 12.3 Å². The van der Waals surface area contributed by atoms with E-state index in [1.807, 2.05) is 35.0 Å². The fourth-order valence-electron chi connectivity index (χ4n) is 2.69. The molecule has 0 atom stereocenters. The first-order valence-corrected chi connectivity index (χ1v) is 11.5. The van der Waals surface area contributed by atoms with E-state index in [1.54, 1.807) is 49.0 Å². The summed E-state index contributed by atoms with van der Waals surface area (Å²) in [6, 6.07) is 7.85. The zero-order valence-corrected chi connectivity index (χ0v) is 18.2. The van der Waals surface area contributed by atoms with Crippen molar-refractivity contribution in [1.82, 2.24) is 0 Å². The first-order chi connectivity index (χ1) is 14.2. The van der Waals surface area contributed by atoms with Crippen molar-refractivity contribution in [3.05, 3.63) is 55.9 Å². The van der Waals surface area contributed by atoms with Gasteiger partial charge in [-0.3, -0.25) is 0 Å². The monoisotopic (exact) mass is 446 g/mol. The van der Waals surface area contributed by atoms with E-state index in [1.165, 1.54) is 11.3 Å². The van der Waals surface area contributed by atoms with Crippen LogP contribution in [-0.2, 0) is 14.2 Å². The van der Waals surface area contributed by atoms with E-state index in [4.69, 9.17) is 14.2 Å². The van der Waals surface area contributed by atoms with Crippen LogP contribution in [0.1, 0.15) is 45.8 Å². The Hall–Kier alpha value is -2.17. The van der Waals surface area contributed by atoms with Crippen LogP contribution in [0, 0.1) is 0 Å². The van der Waals surface area contributed by atoms with Gasteiger partial charge in [-0.1, -0.05) is 23.5 Å². The molecule has 1 saturated heterocycles. The molecule has 0 aliphatic carbocycles. The summed E-state index contributed by atoms with van der Waals surface area (Å²) in [5, 5.41) is 5.10. The minimum Gasteiger partial charge on any atom is -0.462 e. The highest BCUT2D eigenvalue weighted by Crippen LogP contribution is 2.49. The Morgan fingerprint density at radius 1 is 1.10 bits per heavy atom. The predicted octanol–water partition coefficient (Wildman–Crippen LogP) is 5.94. The lowest BCUT2D eigenvalue weighted by Gasteiger charge is -2.34. The first kappa shape index (κ1) is 20.1. The van der Waals surface area contributed by atoms with Crippen molar-refractivity contribution in [3.63, 3.8) is 0 Å². The highest BCUT2D eigenvalue weighted by molar-refractivity contribution is 7.20. The molecule has 29 heavy (non-hydrogen) atoms. The van der Waals surface area contributed by atoms with Crippen LogP contribution in [-0.4, -0.2) is 31.3 Å². The second-order valence-electron chi connectivity index (χ2n) is 5.94. The van der Waals surface area contributed by atoms with Gasteiger partial charge >= 0.3 is 5.97 Å². The zero-order valence-electron chi connectivity index (χ0n) is 15.7. The second-order valence-corrected chi connectivity index (χ2v) is 8.88. The molecule has 1 fully saturated rings. The number of ether oxygens (including phenoxy) is 3. The molecule has 6 nitrogen and oxygen atoms in total. The van der Waals surface area contributed by atoms with Crippen molar-refractivity contribution < 1.29 is 19.0 Å². The van der Waals surface area contributed by atoms with Gasteiger partial charge in [0.15, 0.2) is 12.6 Å². The summed E-state index contributed by atoms with van der Waals surface area (Å²) in [7, 11) is 0. The average Bonchev–Trinajstić information content (AvgIpc) is 3.43. The molecule has 0 radical (unpaired) electrons. The smallest absolute Gasteiger partial charge is 0.341 e. The van der Waals surface area contributed by atoms with E-state index in [0.29, 0.717) is 21.1 Å². The summed E-state index contributed by atoms with van der Waals surface area (Å²) in [5.74, 6) is -0.457. The summed E-state index contributed by atoms with van der Waals surface area (Å²) in [4.78, 5) is 23.9. The van der Waals surface area contributed by atoms with E-state index in [-0.39, 0.29) is 12.9 Å². The van der Waals surface area contributed by atoms with Gasteiger partial charge in [-0.2, -0.15) is 0 Å². The topological polar surface area (TPSA) is 69.5 Å². The fourth-order valence-corrected chi connectivity index (χ4v) is 4.86. The van der Waals surface area contributed by atoms with Gasteiger partial charge in [0.05, 0.1) is 12.2 Å². The molecule has 0 unspecified atom stereocenters. The number of thiophene rings is 3. The van der Waals surface area contributed by atoms with E-state index in [2.05, 4.69) is 9.98 Å². The molecule has 0 spiro atoms. The normalized spacial score (nSPS) is 19.1. The molecule has 0 aromatic carbocycles. The molecular weight excluding hydrogens is 428 g/mol. The molecule has 3 aromatic rings. The van der Waals surface area contributed by atoms with Gasteiger partial charge in [0.25, 0.3) is 0 Å². The van der Waals surface area contributed by atoms with Gasteiger partial charge < -0.3 is 14.2 Å². The fraction of sp³-hybridized carbons (Fsp3) is 0.250. The second kappa shape index (κ2) is 9.10. The highest BCUT2D eigenvalue weighted by Gasteiger charge is 2.38. The summed E-state index contributed by atoms with van der Waals surface area (Å²) >= 11 is 4.47. The van der Waals surface area contributed by atoms with Crippen LogP contribution in [0.15, 0.2) is 45.0 Å². The summed E-state index contributed by atoms with van der Waals surface area (Å²) in [6.07, 6.45) is 2.51. The van der Waals surface area contributed by atoms with Gasteiger partial charge in [-0.25, -0.2) is 14.8 Å². The van der Waals surface area contributed by atoms with Crippen molar-refractivity contribution in [2.24, 2.45) is 9.98 Å². The zero-order chi connectivity index (χ0) is 20.2. The molecule has 0 amide bonds. The third kappa shape index (κ3) is 4.54. The maximum atomic E-state index is 12.8. The van der Waals surface area contributed by atoms with Crippen LogP contribution in [0.4, 0.5) is 10.0 Å². The molecule has 1 aliphatic rings. The Balaban J connectivity index is 1.78. The molecule has 0 saturated carbocycles. The van der Waals surface area contributed by atoms with Crippen LogP contribution in [0.25, 0.3) is 0 Å². The van der Waals surface area contributed by atoms with Crippen molar-refractivity contribution in [1.29, 1.82) is 0 Å². The Kier molecular flexibility index (Phi) is 6.31. The number of nitrogens with zero attached hydrogens (tertiary/aromatic N) is 2.